The second-order valence-corrected chi connectivity index (χ2v) is 4.11. The van der Waals surface area contributed by atoms with Gasteiger partial charge in [-0.15, -0.1) is 10.2 Å². The van der Waals surface area contributed by atoms with Gasteiger partial charge in [-0.1, -0.05) is 28.3 Å². The van der Waals surface area contributed by atoms with Crippen molar-refractivity contribution in [2.24, 2.45) is 0 Å². The number of benzene rings is 2. The Bertz CT molecular complexity index is 893. The maximum Gasteiger partial charge on any atom is 0.142 e. The maximum atomic E-state index is 9.54. The van der Waals surface area contributed by atoms with Gasteiger partial charge in [-0.05, 0) is 29.5 Å². The van der Waals surface area contributed by atoms with Crippen molar-refractivity contribution < 1.29 is 5.21 Å². The molecule has 0 spiro atoms. The Labute approximate surface area is 106 Å². The lowest BCUT2D eigenvalue weighted by Crippen LogP contribution is -1.98. The highest BCUT2D eigenvalue weighted by atomic mass is 16.5. The molecule has 0 aliphatic carbocycles. The number of nitrogens with zero attached hydrogens (tertiary/aromatic N) is 6. The van der Waals surface area contributed by atoms with Crippen LogP contribution < -0.4 is 0 Å². The van der Waals surface area contributed by atoms with E-state index in [2.05, 4.69) is 20.6 Å². The molecule has 2 aromatic heterocycles. The fraction of sp³-hybridized carbons (Fsp3) is 0. The first-order chi connectivity index (χ1) is 9.34. The molecular weight excluding hydrogens is 244 g/mol. The topological polar surface area (TPSA) is 81.6 Å². The summed E-state index contributed by atoms with van der Waals surface area (Å²) >= 11 is 0. The fourth-order valence-electron chi connectivity index (χ4n) is 2.14. The summed E-state index contributed by atoms with van der Waals surface area (Å²) in [7, 11) is 0. The van der Waals surface area contributed by atoms with Crippen LogP contribution >= 0.6 is 0 Å². The van der Waals surface area contributed by atoms with Gasteiger partial charge in [0.25, 0.3) is 0 Å². The number of fused-ring (bicyclic) bond motifs is 2. The van der Waals surface area contributed by atoms with Crippen molar-refractivity contribution in [3.05, 3.63) is 42.5 Å². The molecule has 2 aromatic carbocycles. The summed E-state index contributed by atoms with van der Waals surface area (Å²) in [5.41, 5.74) is 3.50. The molecular formula is C12H8N6O. The third kappa shape index (κ3) is 1.32. The van der Waals surface area contributed by atoms with Gasteiger partial charge in [0.2, 0.25) is 0 Å². The van der Waals surface area contributed by atoms with Crippen LogP contribution in [0.15, 0.2) is 42.5 Å². The second-order valence-electron chi connectivity index (χ2n) is 4.11. The molecule has 7 heteroatoms. The zero-order valence-electron chi connectivity index (χ0n) is 9.67. The Balaban J connectivity index is 2.09. The molecule has 0 aliphatic heterocycles. The van der Waals surface area contributed by atoms with Crippen molar-refractivity contribution in [3.63, 3.8) is 0 Å². The van der Waals surface area contributed by atoms with Gasteiger partial charge in [0.05, 0.1) is 11.2 Å². The van der Waals surface area contributed by atoms with Gasteiger partial charge in [0.15, 0.2) is 0 Å². The van der Waals surface area contributed by atoms with E-state index in [1.165, 1.54) is 0 Å². The summed E-state index contributed by atoms with van der Waals surface area (Å²) in [5, 5.41) is 25.3. The first-order valence-corrected chi connectivity index (χ1v) is 5.69. The van der Waals surface area contributed by atoms with E-state index in [1.54, 1.807) is 10.7 Å². The highest BCUT2D eigenvalue weighted by Crippen LogP contribution is 2.22. The number of rotatable bonds is 1. The predicted octanol–water partition coefficient (Wildman–Crippen LogP) is 1.40. The third-order valence-electron chi connectivity index (χ3n) is 3.02. The average molecular weight is 252 g/mol. The largest absolute Gasteiger partial charge is 0.410 e. The summed E-state index contributed by atoms with van der Waals surface area (Å²) in [6, 6.07) is 13.1. The molecule has 0 atom stereocenters. The zero-order valence-corrected chi connectivity index (χ0v) is 9.67. The van der Waals surface area contributed by atoms with E-state index < -0.39 is 0 Å². The van der Waals surface area contributed by atoms with Gasteiger partial charge in [-0.2, -0.15) is 0 Å². The van der Waals surface area contributed by atoms with Crippen LogP contribution in [0.1, 0.15) is 0 Å². The standard InChI is InChI=1S/C12H8N6O/c19-18-11-7-3-6-10(12(11)14-16-18)17-9-5-2-1-4-8(9)13-15-17/h1-7,19H. The molecule has 4 aromatic rings. The summed E-state index contributed by atoms with van der Waals surface area (Å²) in [5.74, 6) is 0. The molecule has 0 bridgehead atoms. The highest BCUT2D eigenvalue weighted by molar-refractivity contribution is 5.86. The molecule has 1 N–H and O–H groups in total. The lowest BCUT2D eigenvalue weighted by atomic mass is 10.2. The van der Waals surface area contributed by atoms with Crippen LogP contribution in [-0.2, 0) is 0 Å². The molecule has 0 saturated heterocycles. The van der Waals surface area contributed by atoms with Crippen LogP contribution in [0, 0.1) is 0 Å². The number of para-hydroxylation sites is 1. The molecule has 0 aliphatic rings. The smallest absolute Gasteiger partial charge is 0.142 e. The number of aromatic nitrogens is 6. The maximum absolute atomic E-state index is 9.54. The van der Waals surface area contributed by atoms with Gasteiger partial charge >= 0.3 is 0 Å². The Morgan fingerprint density at radius 3 is 2.63 bits per heavy atom. The molecule has 0 fully saturated rings. The second kappa shape index (κ2) is 3.52. The number of hydrogen-bond donors (Lipinski definition) is 1. The van der Waals surface area contributed by atoms with E-state index in [1.807, 2.05) is 36.4 Å². The summed E-state index contributed by atoms with van der Waals surface area (Å²) < 4.78 is 1.69. The first kappa shape index (κ1) is 10.0. The quantitative estimate of drug-likeness (QED) is 0.518. The van der Waals surface area contributed by atoms with Crippen LogP contribution in [0.5, 0.6) is 0 Å². The molecule has 7 nitrogen and oxygen atoms in total. The molecule has 0 amide bonds. The van der Waals surface area contributed by atoms with Crippen molar-refractivity contribution in [2.75, 3.05) is 0 Å². The average Bonchev–Trinajstić information content (AvgIpc) is 3.03. The predicted molar refractivity (Wildman–Crippen MR) is 67.1 cm³/mol. The molecule has 92 valence electrons. The minimum atomic E-state index is 0.525. The number of hydrogen-bond acceptors (Lipinski definition) is 5. The molecule has 0 radical (unpaired) electrons. The lowest BCUT2D eigenvalue weighted by Gasteiger charge is -2.02. The van der Waals surface area contributed by atoms with Crippen molar-refractivity contribution in [2.45, 2.75) is 0 Å². The van der Waals surface area contributed by atoms with Crippen LogP contribution in [0.2, 0.25) is 0 Å². The third-order valence-corrected chi connectivity index (χ3v) is 3.02. The van der Waals surface area contributed by atoms with E-state index in [4.69, 9.17) is 0 Å². The summed E-state index contributed by atoms with van der Waals surface area (Å²) in [4.78, 5) is 0.748. The van der Waals surface area contributed by atoms with Crippen molar-refractivity contribution >= 4 is 22.1 Å². The lowest BCUT2D eigenvalue weighted by molar-refractivity contribution is 0.155. The van der Waals surface area contributed by atoms with E-state index in [0.29, 0.717) is 11.0 Å². The van der Waals surface area contributed by atoms with Crippen molar-refractivity contribution in [3.8, 4) is 5.69 Å². The molecule has 0 saturated carbocycles. The van der Waals surface area contributed by atoms with Gasteiger partial charge in [0.1, 0.15) is 16.6 Å². The van der Waals surface area contributed by atoms with E-state index in [-0.39, 0.29) is 0 Å². The van der Waals surface area contributed by atoms with Crippen LogP contribution in [-0.4, -0.2) is 35.4 Å². The zero-order chi connectivity index (χ0) is 12.8. The Morgan fingerprint density at radius 1 is 0.842 bits per heavy atom. The fourth-order valence-corrected chi connectivity index (χ4v) is 2.14. The van der Waals surface area contributed by atoms with Gasteiger partial charge in [-0.3, -0.25) is 0 Å². The van der Waals surface area contributed by atoms with Gasteiger partial charge in [0, 0.05) is 0 Å². The SMILES string of the molecule is On1nnc2c(-n3nnc4ccccc43)cccc21. The van der Waals surface area contributed by atoms with E-state index >= 15 is 0 Å². The summed E-state index contributed by atoms with van der Waals surface area (Å²) in [6.07, 6.45) is 0. The van der Waals surface area contributed by atoms with Crippen molar-refractivity contribution in [1.82, 2.24) is 30.2 Å². The van der Waals surface area contributed by atoms with Crippen LogP contribution in [0.25, 0.3) is 27.8 Å². The summed E-state index contributed by atoms with van der Waals surface area (Å²) in [6.45, 7) is 0. The molecule has 0 unspecified atom stereocenters. The van der Waals surface area contributed by atoms with E-state index in [9.17, 15) is 5.21 Å². The molecule has 4 rings (SSSR count). The Morgan fingerprint density at radius 2 is 1.68 bits per heavy atom. The van der Waals surface area contributed by atoms with Crippen molar-refractivity contribution in [1.29, 1.82) is 0 Å². The minimum Gasteiger partial charge on any atom is -0.410 e. The van der Waals surface area contributed by atoms with Crippen LogP contribution in [0.3, 0.4) is 0 Å². The Kier molecular flexibility index (Phi) is 1.85. The van der Waals surface area contributed by atoms with Gasteiger partial charge < -0.3 is 5.21 Å². The minimum absolute atomic E-state index is 0.525. The normalized spacial score (nSPS) is 11.4. The first-order valence-electron chi connectivity index (χ1n) is 5.69. The molecule has 19 heavy (non-hydrogen) atoms. The van der Waals surface area contributed by atoms with Gasteiger partial charge in [-0.25, -0.2) is 4.68 Å². The molecule has 2 heterocycles. The monoisotopic (exact) mass is 252 g/mol. The Hall–Kier alpha value is -2.96. The highest BCUT2D eigenvalue weighted by Gasteiger charge is 2.13. The van der Waals surface area contributed by atoms with Crippen LogP contribution in [0.4, 0.5) is 0 Å². The van der Waals surface area contributed by atoms with E-state index in [0.717, 1.165) is 21.6 Å².